The molecule has 1 heterocycles. The van der Waals surface area contributed by atoms with Gasteiger partial charge in [0.05, 0.1) is 0 Å². The smallest absolute Gasteiger partial charge is 0.124 e. The van der Waals surface area contributed by atoms with Crippen molar-refractivity contribution in [3.05, 3.63) is 35.8 Å². The molecule has 1 aromatic carbocycles. The predicted octanol–water partition coefficient (Wildman–Crippen LogP) is 3.43. The maximum Gasteiger partial charge on any atom is 0.124 e. The van der Waals surface area contributed by atoms with E-state index in [9.17, 15) is 4.39 Å². The van der Waals surface area contributed by atoms with E-state index in [-0.39, 0.29) is 5.82 Å². The molecular weight excluding hydrogens is 165 g/mol. The zero-order chi connectivity index (χ0) is 9.42. The number of nitrogens with one attached hydrogen (secondary N) is 1. The van der Waals surface area contributed by atoms with E-state index < -0.39 is 0 Å². The molecule has 1 N–H and O–H groups in total. The summed E-state index contributed by atoms with van der Waals surface area (Å²) in [7, 11) is 0. The van der Waals surface area contributed by atoms with Crippen molar-refractivity contribution >= 4 is 10.9 Å². The van der Waals surface area contributed by atoms with Crippen LogP contribution < -0.4 is 0 Å². The van der Waals surface area contributed by atoms with E-state index >= 15 is 0 Å². The van der Waals surface area contributed by atoms with Gasteiger partial charge in [-0.25, -0.2) is 4.39 Å². The van der Waals surface area contributed by atoms with Crippen LogP contribution in [0.4, 0.5) is 4.39 Å². The molecule has 0 saturated carbocycles. The minimum atomic E-state index is -0.157. The SMILES string of the molecule is CC(C)c1cc(F)cc2cc[nH]c12. The first-order valence-corrected chi connectivity index (χ1v) is 4.45. The van der Waals surface area contributed by atoms with Crippen molar-refractivity contribution in [3.63, 3.8) is 0 Å². The first kappa shape index (κ1) is 8.30. The maximum absolute atomic E-state index is 13.1. The molecule has 0 bridgehead atoms. The predicted molar refractivity (Wildman–Crippen MR) is 52.3 cm³/mol. The highest BCUT2D eigenvalue weighted by atomic mass is 19.1. The van der Waals surface area contributed by atoms with E-state index in [1.807, 2.05) is 12.3 Å². The number of fused-ring (bicyclic) bond motifs is 1. The fourth-order valence-corrected chi connectivity index (χ4v) is 1.62. The Labute approximate surface area is 76.6 Å². The van der Waals surface area contributed by atoms with Gasteiger partial charge in [0, 0.05) is 17.1 Å². The highest BCUT2D eigenvalue weighted by Gasteiger charge is 2.07. The van der Waals surface area contributed by atoms with Gasteiger partial charge in [0.15, 0.2) is 0 Å². The van der Waals surface area contributed by atoms with Crippen LogP contribution in [0.3, 0.4) is 0 Å². The van der Waals surface area contributed by atoms with E-state index in [2.05, 4.69) is 18.8 Å². The molecular formula is C11H12FN. The van der Waals surface area contributed by atoms with Crippen LogP contribution in [0, 0.1) is 5.82 Å². The van der Waals surface area contributed by atoms with E-state index in [1.54, 1.807) is 12.1 Å². The van der Waals surface area contributed by atoms with Crippen LogP contribution in [0.15, 0.2) is 24.4 Å². The lowest BCUT2D eigenvalue weighted by Gasteiger charge is -2.06. The molecule has 0 spiro atoms. The molecule has 0 atom stereocenters. The average Bonchev–Trinajstić information content (AvgIpc) is 2.49. The molecule has 0 unspecified atom stereocenters. The topological polar surface area (TPSA) is 15.8 Å². The third-order valence-electron chi connectivity index (χ3n) is 2.28. The summed E-state index contributed by atoms with van der Waals surface area (Å²) in [5, 5.41) is 0.948. The second kappa shape index (κ2) is 2.87. The van der Waals surface area contributed by atoms with Crippen LogP contribution in [0.5, 0.6) is 0 Å². The number of halogens is 1. The van der Waals surface area contributed by atoms with Gasteiger partial charge >= 0.3 is 0 Å². The van der Waals surface area contributed by atoms with Crippen molar-refractivity contribution in [1.82, 2.24) is 4.98 Å². The number of hydrogen-bond acceptors (Lipinski definition) is 0. The molecule has 68 valence electrons. The van der Waals surface area contributed by atoms with Crippen molar-refractivity contribution in [1.29, 1.82) is 0 Å². The molecule has 0 aliphatic heterocycles. The van der Waals surface area contributed by atoms with Gasteiger partial charge in [-0.1, -0.05) is 13.8 Å². The van der Waals surface area contributed by atoms with Gasteiger partial charge in [-0.2, -0.15) is 0 Å². The summed E-state index contributed by atoms with van der Waals surface area (Å²) in [6.07, 6.45) is 1.84. The summed E-state index contributed by atoms with van der Waals surface area (Å²) in [5.74, 6) is 0.188. The highest BCUT2D eigenvalue weighted by Crippen LogP contribution is 2.25. The normalized spacial score (nSPS) is 11.4. The van der Waals surface area contributed by atoms with Gasteiger partial charge in [-0.05, 0) is 29.7 Å². The molecule has 2 rings (SSSR count). The van der Waals surface area contributed by atoms with Crippen molar-refractivity contribution < 1.29 is 4.39 Å². The third kappa shape index (κ3) is 1.32. The van der Waals surface area contributed by atoms with E-state index in [0.717, 1.165) is 16.5 Å². The molecule has 13 heavy (non-hydrogen) atoms. The number of H-pyrrole nitrogens is 1. The second-order valence-electron chi connectivity index (χ2n) is 3.59. The standard InChI is InChI=1S/C11H12FN/c1-7(2)10-6-9(12)5-8-3-4-13-11(8)10/h3-7,13H,1-2H3. The van der Waals surface area contributed by atoms with E-state index in [4.69, 9.17) is 0 Å². The highest BCUT2D eigenvalue weighted by molar-refractivity contribution is 5.83. The Morgan fingerprint density at radius 2 is 2.08 bits per heavy atom. The Balaban J connectivity index is 2.77. The largest absolute Gasteiger partial charge is 0.361 e. The Morgan fingerprint density at radius 1 is 1.31 bits per heavy atom. The number of hydrogen-bond donors (Lipinski definition) is 1. The van der Waals surface area contributed by atoms with Crippen molar-refractivity contribution in [3.8, 4) is 0 Å². The Morgan fingerprint density at radius 3 is 2.77 bits per heavy atom. The maximum atomic E-state index is 13.1. The van der Waals surface area contributed by atoms with Crippen LogP contribution in [-0.4, -0.2) is 4.98 Å². The Bertz CT molecular complexity index is 429. The summed E-state index contributed by atoms with van der Waals surface area (Å²) in [5.41, 5.74) is 2.09. The summed E-state index contributed by atoms with van der Waals surface area (Å²) in [6, 6.07) is 5.05. The number of aromatic nitrogens is 1. The first-order chi connectivity index (χ1) is 6.18. The van der Waals surface area contributed by atoms with Crippen LogP contribution in [0.2, 0.25) is 0 Å². The van der Waals surface area contributed by atoms with Crippen LogP contribution >= 0.6 is 0 Å². The fourth-order valence-electron chi connectivity index (χ4n) is 1.62. The van der Waals surface area contributed by atoms with E-state index in [0.29, 0.717) is 5.92 Å². The summed E-state index contributed by atoms with van der Waals surface area (Å²) in [6.45, 7) is 4.13. The Kier molecular flexibility index (Phi) is 1.83. The van der Waals surface area contributed by atoms with Gasteiger partial charge in [0.2, 0.25) is 0 Å². The molecule has 0 saturated heterocycles. The molecule has 1 aromatic heterocycles. The minimum absolute atomic E-state index is 0.157. The lowest BCUT2D eigenvalue weighted by Crippen LogP contribution is -1.90. The zero-order valence-corrected chi connectivity index (χ0v) is 7.76. The molecule has 2 aromatic rings. The van der Waals surface area contributed by atoms with Crippen molar-refractivity contribution in [2.45, 2.75) is 19.8 Å². The molecule has 1 nitrogen and oxygen atoms in total. The van der Waals surface area contributed by atoms with Crippen molar-refractivity contribution in [2.75, 3.05) is 0 Å². The molecule has 0 fully saturated rings. The molecule has 0 aliphatic carbocycles. The van der Waals surface area contributed by atoms with Gasteiger partial charge in [-0.3, -0.25) is 0 Å². The average molecular weight is 177 g/mol. The lowest BCUT2D eigenvalue weighted by atomic mass is 10.0. The van der Waals surface area contributed by atoms with Crippen molar-refractivity contribution in [2.24, 2.45) is 0 Å². The van der Waals surface area contributed by atoms with Gasteiger partial charge < -0.3 is 4.98 Å². The number of rotatable bonds is 1. The Hall–Kier alpha value is -1.31. The lowest BCUT2D eigenvalue weighted by molar-refractivity contribution is 0.626. The van der Waals surface area contributed by atoms with Crippen LogP contribution in [0.25, 0.3) is 10.9 Å². The summed E-state index contributed by atoms with van der Waals surface area (Å²) < 4.78 is 13.1. The summed E-state index contributed by atoms with van der Waals surface area (Å²) in [4.78, 5) is 3.13. The summed E-state index contributed by atoms with van der Waals surface area (Å²) >= 11 is 0. The molecule has 2 heteroatoms. The monoisotopic (exact) mass is 177 g/mol. The van der Waals surface area contributed by atoms with Gasteiger partial charge in [0.1, 0.15) is 5.82 Å². The molecule has 0 amide bonds. The molecule has 0 aliphatic rings. The quantitative estimate of drug-likeness (QED) is 0.686. The minimum Gasteiger partial charge on any atom is -0.361 e. The van der Waals surface area contributed by atoms with Gasteiger partial charge in [-0.15, -0.1) is 0 Å². The number of benzene rings is 1. The van der Waals surface area contributed by atoms with Gasteiger partial charge in [0.25, 0.3) is 0 Å². The number of aromatic amines is 1. The third-order valence-corrected chi connectivity index (χ3v) is 2.28. The zero-order valence-electron chi connectivity index (χ0n) is 7.76. The molecule has 0 radical (unpaired) electrons. The first-order valence-electron chi connectivity index (χ1n) is 4.45. The fraction of sp³-hybridized carbons (Fsp3) is 0.273. The van der Waals surface area contributed by atoms with Crippen LogP contribution in [-0.2, 0) is 0 Å². The van der Waals surface area contributed by atoms with Crippen LogP contribution in [0.1, 0.15) is 25.3 Å². The van der Waals surface area contributed by atoms with E-state index in [1.165, 1.54) is 0 Å². The second-order valence-corrected chi connectivity index (χ2v) is 3.59.